The maximum atomic E-state index is 12.9. The Kier molecular flexibility index (Phi) is 11.6. The summed E-state index contributed by atoms with van der Waals surface area (Å²) in [7, 11) is 0. The highest BCUT2D eigenvalue weighted by molar-refractivity contribution is 6.01. The van der Waals surface area contributed by atoms with Crippen molar-refractivity contribution in [3.05, 3.63) is 101 Å². The Morgan fingerprint density at radius 1 is 0.891 bits per heavy atom. The highest BCUT2D eigenvalue weighted by atomic mass is 19.4. The molecule has 246 valence electrons. The van der Waals surface area contributed by atoms with Gasteiger partial charge in [0.15, 0.2) is 6.61 Å². The molecule has 0 aromatic heterocycles. The van der Waals surface area contributed by atoms with Gasteiger partial charge in [0.25, 0.3) is 5.91 Å². The van der Waals surface area contributed by atoms with Crippen LogP contribution in [-0.2, 0) is 38.4 Å². The van der Waals surface area contributed by atoms with Crippen LogP contribution in [0.4, 0.5) is 18.0 Å². The summed E-state index contributed by atoms with van der Waals surface area (Å²) < 4.78 is 49.6. The van der Waals surface area contributed by atoms with Gasteiger partial charge < -0.3 is 19.2 Å². The molecule has 4 rings (SSSR count). The number of nitrogens with zero attached hydrogens (tertiary/aromatic N) is 2. The topological polar surface area (TPSA) is 98.7 Å². The fraction of sp³-hybridized carbons (Fsp3) is 0.382. The van der Waals surface area contributed by atoms with Gasteiger partial charge in [-0.1, -0.05) is 47.6 Å². The zero-order chi connectivity index (χ0) is 33.2. The van der Waals surface area contributed by atoms with Crippen LogP contribution in [0.15, 0.2) is 84.0 Å². The van der Waals surface area contributed by atoms with Gasteiger partial charge in [0, 0.05) is 19.5 Å². The van der Waals surface area contributed by atoms with E-state index in [2.05, 4.69) is 10.6 Å². The molecule has 1 heterocycles. The quantitative estimate of drug-likeness (QED) is 0.185. The molecule has 0 aliphatic carbocycles. The van der Waals surface area contributed by atoms with Crippen molar-refractivity contribution in [2.45, 2.75) is 64.5 Å². The van der Waals surface area contributed by atoms with Crippen molar-refractivity contribution in [3.63, 3.8) is 0 Å². The highest BCUT2D eigenvalue weighted by Gasteiger charge is 2.30. The summed E-state index contributed by atoms with van der Waals surface area (Å²) in [5.74, 6) is -0.00375. The number of likely N-dealkylation sites (tertiary alicyclic amines) is 1. The first kappa shape index (κ1) is 34.3. The zero-order valence-electron chi connectivity index (χ0n) is 26.0. The summed E-state index contributed by atoms with van der Waals surface area (Å²) in [6.45, 7) is 6.12. The Morgan fingerprint density at radius 2 is 1.54 bits per heavy atom. The number of rotatable bonds is 11. The Labute approximate surface area is 266 Å². The van der Waals surface area contributed by atoms with Gasteiger partial charge in [0.1, 0.15) is 18.0 Å². The number of hydrogen-bond acceptors (Lipinski definition) is 7. The first-order valence-corrected chi connectivity index (χ1v) is 14.9. The average Bonchev–Trinajstić information content (AvgIpc) is 3.02. The van der Waals surface area contributed by atoms with E-state index in [1.165, 1.54) is 12.1 Å². The summed E-state index contributed by atoms with van der Waals surface area (Å²) in [6, 6.07) is 21.3. The Balaban J connectivity index is 1.26. The molecule has 46 heavy (non-hydrogen) atoms. The van der Waals surface area contributed by atoms with Gasteiger partial charge in [0.05, 0.1) is 17.4 Å². The molecule has 1 saturated heterocycles. The number of alkyl halides is 3. The molecule has 0 atom stereocenters. The summed E-state index contributed by atoms with van der Waals surface area (Å²) >= 11 is 0. The van der Waals surface area contributed by atoms with Crippen molar-refractivity contribution in [1.82, 2.24) is 10.4 Å². The predicted octanol–water partition coefficient (Wildman–Crippen LogP) is 6.70. The molecule has 0 spiro atoms. The molecule has 1 fully saturated rings. The minimum Gasteiger partial charge on any atom is -0.484 e. The molecule has 2 amide bonds. The Hall–Kier alpha value is -4.58. The van der Waals surface area contributed by atoms with Crippen molar-refractivity contribution in [1.29, 1.82) is 0 Å². The number of oxime groups is 1. The lowest BCUT2D eigenvalue weighted by molar-refractivity contribution is -0.143. The lowest BCUT2D eigenvalue weighted by atomic mass is 10.0. The molecule has 12 heteroatoms. The number of carbonyl (C=O) groups is 2. The average molecular weight is 642 g/mol. The van der Waals surface area contributed by atoms with Crippen molar-refractivity contribution in [2.75, 3.05) is 19.7 Å². The normalized spacial score (nSPS) is 14.5. The molecule has 3 aromatic carbocycles. The van der Waals surface area contributed by atoms with Gasteiger partial charge in [-0.25, -0.2) is 10.3 Å². The van der Waals surface area contributed by atoms with E-state index >= 15 is 0 Å². The van der Waals surface area contributed by atoms with Crippen LogP contribution < -0.4 is 10.2 Å². The van der Waals surface area contributed by atoms with E-state index in [-0.39, 0.29) is 25.4 Å². The first-order valence-electron chi connectivity index (χ1n) is 14.9. The zero-order valence-corrected chi connectivity index (χ0v) is 26.0. The van der Waals surface area contributed by atoms with Crippen LogP contribution in [0.25, 0.3) is 0 Å². The number of piperidine rings is 1. The Bertz CT molecular complexity index is 1450. The minimum atomic E-state index is -4.41. The third-order valence-corrected chi connectivity index (χ3v) is 6.89. The van der Waals surface area contributed by atoms with Crippen LogP contribution in [0.1, 0.15) is 55.9 Å². The molecule has 1 aliphatic heterocycles. The van der Waals surface area contributed by atoms with Crippen LogP contribution in [-0.4, -0.2) is 54.0 Å². The number of benzene rings is 3. The molecule has 0 bridgehead atoms. The van der Waals surface area contributed by atoms with Crippen LogP contribution >= 0.6 is 0 Å². The van der Waals surface area contributed by atoms with Gasteiger partial charge in [-0.2, -0.15) is 13.2 Å². The number of halogens is 3. The van der Waals surface area contributed by atoms with Crippen molar-refractivity contribution in [2.24, 2.45) is 5.16 Å². The summed E-state index contributed by atoms with van der Waals surface area (Å²) in [5, 5.41) is 4.30. The van der Waals surface area contributed by atoms with Crippen molar-refractivity contribution < 1.29 is 41.9 Å². The number of hydrogen-bond donors (Lipinski definition) is 1. The van der Waals surface area contributed by atoms with E-state index in [0.29, 0.717) is 49.4 Å². The lowest BCUT2D eigenvalue weighted by Gasteiger charge is -2.33. The second-order valence-electron chi connectivity index (χ2n) is 11.8. The summed E-state index contributed by atoms with van der Waals surface area (Å²) in [4.78, 5) is 37.2. The van der Waals surface area contributed by atoms with Crippen LogP contribution in [0.3, 0.4) is 0 Å². The molecule has 3 aromatic rings. The maximum absolute atomic E-state index is 12.9. The van der Waals surface area contributed by atoms with Gasteiger partial charge in [-0.15, -0.1) is 0 Å². The molecule has 1 N–H and O–H groups in total. The SMILES string of the molecule is CC(C)(C)OC(=O)N1CCC(ONC(=O)COc2ccc(C(Cc3ccccc3)=NOCc3ccc(C(F)(F)F)cc3)cc2)CC1. The van der Waals surface area contributed by atoms with Gasteiger partial charge >= 0.3 is 12.3 Å². The number of ether oxygens (including phenoxy) is 2. The molecular formula is C34H38F3N3O6. The second kappa shape index (κ2) is 15.6. The van der Waals surface area contributed by atoms with Gasteiger partial charge in [0.2, 0.25) is 0 Å². The van der Waals surface area contributed by atoms with Gasteiger partial charge in [-0.3, -0.25) is 9.63 Å². The maximum Gasteiger partial charge on any atom is 0.416 e. The van der Waals surface area contributed by atoms with Crippen LogP contribution in [0, 0.1) is 0 Å². The van der Waals surface area contributed by atoms with E-state index in [9.17, 15) is 22.8 Å². The third-order valence-electron chi connectivity index (χ3n) is 6.89. The smallest absolute Gasteiger partial charge is 0.416 e. The predicted molar refractivity (Wildman–Crippen MR) is 165 cm³/mol. The molecule has 1 aliphatic rings. The highest BCUT2D eigenvalue weighted by Crippen LogP contribution is 2.29. The minimum absolute atomic E-state index is 0.00232. The fourth-order valence-electron chi connectivity index (χ4n) is 4.50. The number of hydroxylamine groups is 1. The van der Waals surface area contributed by atoms with E-state index in [1.807, 2.05) is 51.1 Å². The largest absolute Gasteiger partial charge is 0.484 e. The molecule has 0 radical (unpaired) electrons. The van der Waals surface area contributed by atoms with Crippen LogP contribution in [0.2, 0.25) is 0 Å². The summed E-state index contributed by atoms with van der Waals surface area (Å²) in [5.41, 5.74) is 4.02. The second-order valence-corrected chi connectivity index (χ2v) is 11.8. The number of nitrogens with one attached hydrogen (secondary N) is 1. The van der Waals surface area contributed by atoms with E-state index in [1.54, 1.807) is 29.2 Å². The third kappa shape index (κ3) is 11.1. The van der Waals surface area contributed by atoms with E-state index < -0.39 is 23.2 Å². The first-order chi connectivity index (χ1) is 21.9. The molecular weight excluding hydrogens is 603 g/mol. The van der Waals surface area contributed by atoms with Crippen LogP contribution in [0.5, 0.6) is 5.75 Å². The standard InChI is InChI=1S/C34H38F3N3O6/c1-33(2,3)45-32(42)40-19-17-29(18-20-40)46-39-31(41)23-43-28-15-11-26(12-16-28)30(21-24-7-5-4-6-8-24)38-44-22-25-9-13-27(14-10-25)34(35,36)37/h4-16,29H,17-23H2,1-3H3,(H,39,41). The fourth-order valence-corrected chi connectivity index (χ4v) is 4.50. The summed E-state index contributed by atoms with van der Waals surface area (Å²) in [6.07, 6.45) is -3.43. The van der Waals surface area contributed by atoms with Gasteiger partial charge in [-0.05, 0) is 86.7 Å². The van der Waals surface area contributed by atoms with Crippen molar-refractivity contribution >= 4 is 17.7 Å². The number of carbonyl (C=O) groups excluding carboxylic acids is 2. The molecule has 0 unspecified atom stereocenters. The monoisotopic (exact) mass is 641 g/mol. The van der Waals surface area contributed by atoms with E-state index in [4.69, 9.17) is 19.1 Å². The lowest BCUT2D eigenvalue weighted by Crippen LogP contribution is -2.45. The number of amides is 2. The molecule has 0 saturated carbocycles. The van der Waals surface area contributed by atoms with E-state index in [0.717, 1.165) is 23.3 Å². The Morgan fingerprint density at radius 3 is 2.15 bits per heavy atom. The van der Waals surface area contributed by atoms with Crippen molar-refractivity contribution in [3.8, 4) is 5.75 Å². The molecule has 9 nitrogen and oxygen atoms in total.